The summed E-state index contributed by atoms with van der Waals surface area (Å²) in [6.45, 7) is 1.87. The van der Waals surface area contributed by atoms with Crippen LogP contribution in [-0.2, 0) is 11.3 Å². The van der Waals surface area contributed by atoms with E-state index >= 15 is 0 Å². The van der Waals surface area contributed by atoms with Crippen molar-refractivity contribution >= 4 is 11.9 Å². The molecule has 1 unspecified atom stereocenters. The number of aliphatic carboxylic acids is 1. The number of nitrogens with one attached hydrogen (secondary N) is 1. The lowest BCUT2D eigenvalue weighted by atomic mass is 10.1. The van der Waals surface area contributed by atoms with E-state index < -0.39 is 5.97 Å². The van der Waals surface area contributed by atoms with Gasteiger partial charge in [-0.25, -0.2) is 0 Å². The zero-order valence-corrected chi connectivity index (χ0v) is 11.1. The van der Waals surface area contributed by atoms with Gasteiger partial charge in [-0.15, -0.1) is 0 Å². The van der Waals surface area contributed by atoms with Crippen molar-refractivity contribution in [1.29, 1.82) is 0 Å². The molecule has 1 aromatic rings. The van der Waals surface area contributed by atoms with E-state index in [0.717, 1.165) is 18.8 Å². The van der Waals surface area contributed by atoms with Crippen molar-refractivity contribution in [3.05, 3.63) is 24.0 Å². The van der Waals surface area contributed by atoms with Crippen LogP contribution in [-0.4, -0.2) is 27.6 Å². The maximum atomic E-state index is 12.2. The first kappa shape index (κ1) is 13.6. The van der Waals surface area contributed by atoms with Crippen molar-refractivity contribution in [2.45, 2.75) is 45.2 Å². The summed E-state index contributed by atoms with van der Waals surface area (Å²) in [6.07, 6.45) is 6.08. The Balaban J connectivity index is 1.97. The molecule has 2 rings (SSSR count). The average molecular weight is 264 g/mol. The minimum absolute atomic E-state index is 0.182. The second-order valence-corrected chi connectivity index (χ2v) is 5.17. The van der Waals surface area contributed by atoms with Crippen LogP contribution in [0.5, 0.6) is 0 Å². The van der Waals surface area contributed by atoms with Gasteiger partial charge in [0, 0.05) is 12.2 Å². The minimum atomic E-state index is -0.949. The van der Waals surface area contributed by atoms with Crippen LogP contribution < -0.4 is 5.32 Å². The van der Waals surface area contributed by atoms with Crippen LogP contribution in [0, 0.1) is 5.92 Å². The summed E-state index contributed by atoms with van der Waals surface area (Å²) in [5.74, 6) is -0.370. The molecule has 0 radical (unpaired) electrons. The molecule has 2 N–H and O–H groups in total. The molecule has 0 saturated heterocycles. The van der Waals surface area contributed by atoms with Crippen molar-refractivity contribution in [2.24, 2.45) is 5.92 Å². The molecule has 1 aromatic heterocycles. The van der Waals surface area contributed by atoms with E-state index in [2.05, 4.69) is 12.2 Å². The van der Waals surface area contributed by atoms with Crippen LogP contribution in [0.1, 0.15) is 43.1 Å². The van der Waals surface area contributed by atoms with Gasteiger partial charge in [0.15, 0.2) is 0 Å². The van der Waals surface area contributed by atoms with E-state index in [0.29, 0.717) is 5.69 Å². The Morgan fingerprint density at radius 3 is 2.84 bits per heavy atom. The number of hydrogen-bond donors (Lipinski definition) is 2. The molecule has 5 heteroatoms. The summed E-state index contributed by atoms with van der Waals surface area (Å²) in [5.41, 5.74) is 0.414. The van der Waals surface area contributed by atoms with E-state index in [1.165, 1.54) is 17.4 Å². The number of nitrogens with zero attached hydrogens (tertiary/aromatic N) is 1. The third-order valence-corrected chi connectivity index (χ3v) is 3.51. The number of carboxylic acids is 1. The van der Waals surface area contributed by atoms with Gasteiger partial charge in [-0.1, -0.05) is 19.8 Å². The molecule has 1 amide bonds. The lowest BCUT2D eigenvalue weighted by Gasteiger charge is -2.17. The molecule has 1 aliphatic carbocycles. The Morgan fingerprint density at radius 2 is 2.26 bits per heavy atom. The van der Waals surface area contributed by atoms with Gasteiger partial charge >= 0.3 is 5.97 Å². The van der Waals surface area contributed by atoms with Crippen LogP contribution in [0.25, 0.3) is 0 Å². The zero-order chi connectivity index (χ0) is 13.8. The van der Waals surface area contributed by atoms with Crippen LogP contribution in [0.2, 0.25) is 0 Å². The Kier molecular flexibility index (Phi) is 4.24. The second-order valence-electron chi connectivity index (χ2n) is 5.17. The van der Waals surface area contributed by atoms with E-state index in [9.17, 15) is 9.59 Å². The van der Waals surface area contributed by atoms with Crippen LogP contribution in [0.4, 0.5) is 0 Å². The highest BCUT2D eigenvalue weighted by Gasteiger charge is 2.26. The quantitative estimate of drug-likeness (QED) is 0.790. The number of rotatable bonds is 7. The molecule has 1 aliphatic rings. The fraction of sp³-hybridized carbons (Fsp3) is 0.571. The molecule has 5 nitrogen and oxygen atoms in total. The maximum Gasteiger partial charge on any atom is 0.323 e. The van der Waals surface area contributed by atoms with Gasteiger partial charge in [0.25, 0.3) is 5.91 Å². The molecule has 0 aliphatic heterocycles. The third kappa shape index (κ3) is 3.84. The number of hydrogen-bond acceptors (Lipinski definition) is 2. The van der Waals surface area contributed by atoms with E-state index in [1.807, 2.05) is 0 Å². The monoisotopic (exact) mass is 264 g/mol. The highest BCUT2D eigenvalue weighted by molar-refractivity contribution is 5.93. The molecule has 1 saturated carbocycles. The fourth-order valence-electron chi connectivity index (χ4n) is 2.25. The first-order chi connectivity index (χ1) is 9.10. The summed E-state index contributed by atoms with van der Waals surface area (Å²) >= 11 is 0. The maximum absolute atomic E-state index is 12.2. The highest BCUT2D eigenvalue weighted by Crippen LogP contribution is 2.34. The predicted molar refractivity (Wildman–Crippen MR) is 71.0 cm³/mol. The summed E-state index contributed by atoms with van der Waals surface area (Å²) in [5, 5.41) is 11.8. The van der Waals surface area contributed by atoms with E-state index in [4.69, 9.17) is 5.11 Å². The van der Waals surface area contributed by atoms with Crippen LogP contribution in [0.3, 0.4) is 0 Å². The van der Waals surface area contributed by atoms with Gasteiger partial charge < -0.3 is 15.0 Å². The smallest absolute Gasteiger partial charge is 0.323 e. The van der Waals surface area contributed by atoms with Crippen molar-refractivity contribution in [3.8, 4) is 0 Å². The number of carbonyl (C=O) groups excluding carboxylic acids is 1. The predicted octanol–water partition coefficient (Wildman–Crippen LogP) is 1.88. The summed E-state index contributed by atoms with van der Waals surface area (Å²) in [6, 6.07) is 3.54. The molecular weight excluding hydrogens is 244 g/mol. The van der Waals surface area contributed by atoms with Gasteiger partial charge in [-0.3, -0.25) is 9.59 Å². The zero-order valence-electron chi connectivity index (χ0n) is 11.1. The highest BCUT2D eigenvalue weighted by atomic mass is 16.4. The third-order valence-electron chi connectivity index (χ3n) is 3.51. The van der Waals surface area contributed by atoms with Gasteiger partial charge in [-0.2, -0.15) is 0 Å². The first-order valence-corrected chi connectivity index (χ1v) is 6.78. The molecule has 0 bridgehead atoms. The molecule has 1 atom stereocenters. The van der Waals surface area contributed by atoms with Gasteiger partial charge in [-0.05, 0) is 30.9 Å². The summed E-state index contributed by atoms with van der Waals surface area (Å²) < 4.78 is 1.46. The largest absolute Gasteiger partial charge is 0.480 e. The Labute approximate surface area is 112 Å². The normalized spacial score (nSPS) is 16.1. The van der Waals surface area contributed by atoms with Crippen molar-refractivity contribution < 1.29 is 14.7 Å². The van der Waals surface area contributed by atoms with Crippen molar-refractivity contribution in [3.63, 3.8) is 0 Å². The molecule has 19 heavy (non-hydrogen) atoms. The van der Waals surface area contributed by atoms with Gasteiger partial charge in [0.2, 0.25) is 0 Å². The van der Waals surface area contributed by atoms with E-state index in [-0.39, 0.29) is 18.5 Å². The molecule has 0 aromatic carbocycles. The Morgan fingerprint density at radius 1 is 1.53 bits per heavy atom. The molecule has 104 valence electrons. The number of carbonyl (C=O) groups is 2. The molecule has 0 spiro atoms. The topological polar surface area (TPSA) is 71.3 Å². The molecule has 1 fully saturated rings. The van der Waals surface area contributed by atoms with E-state index in [1.54, 1.807) is 18.3 Å². The van der Waals surface area contributed by atoms with Gasteiger partial charge in [0.1, 0.15) is 12.2 Å². The fourth-order valence-corrected chi connectivity index (χ4v) is 2.25. The van der Waals surface area contributed by atoms with Crippen LogP contribution >= 0.6 is 0 Å². The number of aromatic nitrogens is 1. The minimum Gasteiger partial charge on any atom is -0.480 e. The molecular formula is C14H20N2O3. The summed E-state index contributed by atoms with van der Waals surface area (Å²) in [7, 11) is 0. The first-order valence-electron chi connectivity index (χ1n) is 6.78. The lowest BCUT2D eigenvalue weighted by molar-refractivity contribution is -0.137. The van der Waals surface area contributed by atoms with Crippen molar-refractivity contribution in [2.75, 3.05) is 0 Å². The lowest BCUT2D eigenvalue weighted by Crippen LogP contribution is -2.36. The molecule has 1 heterocycles. The SMILES string of the molecule is CCC(CC1CC1)NC(=O)c1cccn1CC(=O)O. The van der Waals surface area contributed by atoms with Gasteiger partial charge in [0.05, 0.1) is 0 Å². The number of amides is 1. The standard InChI is InChI=1S/C14H20N2O3/c1-2-11(8-10-5-6-10)15-14(19)12-4-3-7-16(12)9-13(17)18/h3-4,7,10-11H,2,5-6,8-9H2,1H3,(H,15,19)(H,17,18). The summed E-state index contributed by atoms with van der Waals surface area (Å²) in [4.78, 5) is 22.9. The van der Waals surface area contributed by atoms with Crippen LogP contribution in [0.15, 0.2) is 18.3 Å². The Hall–Kier alpha value is -1.78. The van der Waals surface area contributed by atoms with Crippen molar-refractivity contribution in [1.82, 2.24) is 9.88 Å². The second kappa shape index (κ2) is 5.91. The number of carboxylic acid groups (broad SMARTS) is 1. The Bertz CT molecular complexity index is 463. The average Bonchev–Trinajstić information content (AvgIpc) is 3.05.